The highest BCUT2D eigenvalue weighted by Crippen LogP contribution is 2.11. The fourth-order valence-electron chi connectivity index (χ4n) is 1.98. The highest BCUT2D eigenvalue weighted by molar-refractivity contribution is 7.08. The molecular formula is C12H18N2O2S. The van der Waals surface area contributed by atoms with Gasteiger partial charge in [0.15, 0.2) is 0 Å². The maximum Gasteiger partial charge on any atom is 0.0876 e. The molecule has 0 radical (unpaired) electrons. The number of oxime groups is 1. The van der Waals surface area contributed by atoms with Crippen molar-refractivity contribution in [1.82, 2.24) is 4.90 Å². The van der Waals surface area contributed by atoms with Crippen LogP contribution in [0.15, 0.2) is 22.0 Å². The Morgan fingerprint density at radius 2 is 2.29 bits per heavy atom. The van der Waals surface area contributed by atoms with Crippen molar-refractivity contribution >= 4 is 17.0 Å². The Labute approximate surface area is 106 Å². The third-order valence-corrected chi connectivity index (χ3v) is 3.65. The highest BCUT2D eigenvalue weighted by Gasteiger charge is 2.11. The van der Waals surface area contributed by atoms with E-state index in [0.29, 0.717) is 0 Å². The average molecular weight is 254 g/mol. The molecule has 1 saturated heterocycles. The Morgan fingerprint density at radius 1 is 1.47 bits per heavy atom. The summed E-state index contributed by atoms with van der Waals surface area (Å²) in [5, 5.41) is 16.4. The maximum absolute atomic E-state index is 8.99. The van der Waals surface area contributed by atoms with Crippen LogP contribution in [0.4, 0.5) is 0 Å². The molecule has 5 heteroatoms. The Hall–Kier alpha value is -0.910. The quantitative estimate of drug-likeness (QED) is 0.497. The second kappa shape index (κ2) is 6.74. The summed E-state index contributed by atoms with van der Waals surface area (Å²) < 4.78 is 5.30. The van der Waals surface area contributed by atoms with Gasteiger partial charge in [-0.05, 0) is 36.2 Å². The molecule has 0 aliphatic carbocycles. The van der Waals surface area contributed by atoms with Crippen LogP contribution in [0.25, 0.3) is 0 Å². The van der Waals surface area contributed by atoms with E-state index in [1.54, 1.807) is 11.3 Å². The van der Waals surface area contributed by atoms with Gasteiger partial charge in [-0.1, -0.05) is 5.16 Å². The Morgan fingerprint density at radius 3 is 2.94 bits per heavy atom. The van der Waals surface area contributed by atoms with E-state index in [9.17, 15) is 0 Å². The zero-order chi connectivity index (χ0) is 11.9. The van der Waals surface area contributed by atoms with Crippen LogP contribution in [-0.2, 0) is 4.74 Å². The van der Waals surface area contributed by atoms with Crippen molar-refractivity contribution < 1.29 is 9.94 Å². The first kappa shape index (κ1) is 12.5. The van der Waals surface area contributed by atoms with Crippen molar-refractivity contribution in [2.75, 3.05) is 32.8 Å². The van der Waals surface area contributed by atoms with E-state index in [-0.39, 0.29) is 0 Å². The van der Waals surface area contributed by atoms with Crippen LogP contribution in [0.2, 0.25) is 0 Å². The molecule has 1 aliphatic heterocycles. The average Bonchev–Trinajstić information content (AvgIpc) is 2.90. The number of thiophene rings is 1. The monoisotopic (exact) mass is 254 g/mol. The second-order valence-corrected chi connectivity index (χ2v) is 4.90. The normalized spacial score (nSPS) is 18.5. The predicted molar refractivity (Wildman–Crippen MR) is 69.1 cm³/mol. The van der Waals surface area contributed by atoms with Crippen LogP contribution in [0.5, 0.6) is 0 Å². The van der Waals surface area contributed by atoms with Crippen LogP contribution in [0.1, 0.15) is 18.4 Å². The largest absolute Gasteiger partial charge is 0.411 e. The van der Waals surface area contributed by atoms with E-state index in [4.69, 9.17) is 9.94 Å². The SMILES string of the molecule is O/N=C(/CCCN1CCOCC1)c1ccsc1. The molecule has 0 unspecified atom stereocenters. The number of morpholine rings is 1. The van der Waals surface area contributed by atoms with Gasteiger partial charge >= 0.3 is 0 Å². The molecule has 0 spiro atoms. The van der Waals surface area contributed by atoms with E-state index >= 15 is 0 Å². The molecule has 2 heterocycles. The molecular weight excluding hydrogens is 236 g/mol. The summed E-state index contributed by atoms with van der Waals surface area (Å²) in [5.41, 5.74) is 1.83. The van der Waals surface area contributed by atoms with E-state index in [1.807, 2.05) is 16.8 Å². The van der Waals surface area contributed by atoms with E-state index in [2.05, 4.69) is 10.1 Å². The maximum atomic E-state index is 8.99. The minimum absolute atomic E-state index is 0.791. The molecule has 1 fully saturated rings. The molecule has 0 atom stereocenters. The molecule has 94 valence electrons. The Bertz CT molecular complexity index is 345. The summed E-state index contributed by atoms with van der Waals surface area (Å²) >= 11 is 1.63. The third-order valence-electron chi connectivity index (χ3n) is 2.97. The number of hydrogen-bond donors (Lipinski definition) is 1. The summed E-state index contributed by atoms with van der Waals surface area (Å²) in [6, 6.07) is 1.99. The fraction of sp³-hybridized carbons (Fsp3) is 0.583. The van der Waals surface area contributed by atoms with Gasteiger partial charge in [0.25, 0.3) is 0 Å². The lowest BCUT2D eigenvalue weighted by atomic mass is 10.1. The Kier molecular flexibility index (Phi) is 4.97. The molecule has 1 aromatic rings. The van der Waals surface area contributed by atoms with Crippen molar-refractivity contribution in [3.63, 3.8) is 0 Å². The highest BCUT2D eigenvalue weighted by atomic mass is 32.1. The summed E-state index contributed by atoms with van der Waals surface area (Å²) in [7, 11) is 0. The number of nitrogens with zero attached hydrogens (tertiary/aromatic N) is 2. The smallest absolute Gasteiger partial charge is 0.0876 e. The predicted octanol–water partition coefficient (Wildman–Crippen LogP) is 2.04. The van der Waals surface area contributed by atoms with Gasteiger partial charge in [0.2, 0.25) is 0 Å². The standard InChI is InChI=1S/C12H18N2O2S/c15-13-12(11-3-9-17-10-11)2-1-4-14-5-7-16-8-6-14/h3,9-10,15H,1-2,4-8H2/b13-12-. The zero-order valence-electron chi connectivity index (χ0n) is 9.84. The zero-order valence-corrected chi connectivity index (χ0v) is 10.7. The Balaban J connectivity index is 1.73. The summed E-state index contributed by atoms with van der Waals surface area (Å²) in [5.74, 6) is 0. The number of ether oxygens (including phenoxy) is 1. The van der Waals surface area contributed by atoms with Crippen molar-refractivity contribution in [2.45, 2.75) is 12.8 Å². The molecule has 4 nitrogen and oxygen atoms in total. The summed E-state index contributed by atoms with van der Waals surface area (Å²) in [6.07, 6.45) is 1.85. The lowest BCUT2D eigenvalue weighted by molar-refractivity contribution is 0.0376. The number of rotatable bonds is 5. The van der Waals surface area contributed by atoms with Crippen LogP contribution < -0.4 is 0 Å². The summed E-state index contributed by atoms with van der Waals surface area (Å²) in [4.78, 5) is 2.39. The lowest BCUT2D eigenvalue weighted by Gasteiger charge is -2.26. The van der Waals surface area contributed by atoms with E-state index in [1.165, 1.54) is 0 Å². The summed E-state index contributed by atoms with van der Waals surface area (Å²) in [6.45, 7) is 4.76. The fourth-order valence-corrected chi connectivity index (χ4v) is 2.64. The van der Waals surface area contributed by atoms with Crippen molar-refractivity contribution in [1.29, 1.82) is 0 Å². The topological polar surface area (TPSA) is 45.1 Å². The van der Waals surface area contributed by atoms with Gasteiger partial charge in [-0.2, -0.15) is 11.3 Å². The molecule has 17 heavy (non-hydrogen) atoms. The minimum Gasteiger partial charge on any atom is -0.411 e. The van der Waals surface area contributed by atoms with E-state index < -0.39 is 0 Å². The van der Waals surface area contributed by atoms with Crippen LogP contribution >= 0.6 is 11.3 Å². The van der Waals surface area contributed by atoms with Crippen molar-refractivity contribution in [3.05, 3.63) is 22.4 Å². The molecule has 0 aromatic carbocycles. The molecule has 1 aliphatic rings. The molecule has 0 amide bonds. The van der Waals surface area contributed by atoms with Gasteiger partial charge < -0.3 is 9.94 Å². The molecule has 0 bridgehead atoms. The van der Waals surface area contributed by atoms with Gasteiger partial charge in [-0.3, -0.25) is 4.90 Å². The number of hydrogen-bond acceptors (Lipinski definition) is 5. The van der Waals surface area contributed by atoms with Crippen LogP contribution in [0, 0.1) is 0 Å². The third kappa shape index (κ3) is 3.80. The van der Waals surface area contributed by atoms with Gasteiger partial charge in [0.05, 0.1) is 18.9 Å². The molecule has 0 saturated carbocycles. The lowest BCUT2D eigenvalue weighted by Crippen LogP contribution is -2.36. The van der Waals surface area contributed by atoms with Gasteiger partial charge in [0.1, 0.15) is 0 Å². The minimum atomic E-state index is 0.791. The first-order valence-electron chi connectivity index (χ1n) is 5.94. The molecule has 1 N–H and O–H groups in total. The van der Waals surface area contributed by atoms with Crippen LogP contribution in [-0.4, -0.2) is 48.7 Å². The van der Waals surface area contributed by atoms with Gasteiger partial charge in [-0.25, -0.2) is 0 Å². The molecule has 1 aromatic heterocycles. The first-order chi connectivity index (χ1) is 8.40. The van der Waals surface area contributed by atoms with Crippen LogP contribution in [0.3, 0.4) is 0 Å². The molecule has 2 rings (SSSR count). The van der Waals surface area contributed by atoms with Gasteiger partial charge in [0, 0.05) is 18.7 Å². The first-order valence-corrected chi connectivity index (χ1v) is 6.88. The van der Waals surface area contributed by atoms with Gasteiger partial charge in [-0.15, -0.1) is 0 Å². The van der Waals surface area contributed by atoms with Crippen molar-refractivity contribution in [3.8, 4) is 0 Å². The van der Waals surface area contributed by atoms with E-state index in [0.717, 1.165) is 57.0 Å². The second-order valence-electron chi connectivity index (χ2n) is 4.12. The van der Waals surface area contributed by atoms with Crippen molar-refractivity contribution in [2.24, 2.45) is 5.16 Å².